The van der Waals surface area contributed by atoms with Gasteiger partial charge in [0.15, 0.2) is 0 Å². The van der Waals surface area contributed by atoms with E-state index in [0.717, 1.165) is 17.1 Å². The molecule has 172 valence electrons. The van der Waals surface area contributed by atoms with Gasteiger partial charge in [-0.15, -0.1) is 11.8 Å². The first kappa shape index (κ1) is 24.7. The highest BCUT2D eigenvalue weighted by Gasteiger charge is 2.34. The molecule has 0 aliphatic carbocycles. The first-order valence-electron chi connectivity index (χ1n) is 10.6. The number of hydrogen-bond donors (Lipinski definition) is 0. The number of benzene rings is 2. The molecular formula is C24H28Cl2N2O3S. The minimum absolute atomic E-state index is 0.00821. The van der Waals surface area contributed by atoms with Crippen molar-refractivity contribution in [3.8, 4) is 0 Å². The fourth-order valence-corrected chi connectivity index (χ4v) is 5.03. The van der Waals surface area contributed by atoms with Crippen molar-refractivity contribution < 1.29 is 14.3 Å². The largest absolute Gasteiger partial charge is 0.462 e. The standard InChI is InChI=1S/C24H28Cl2N2O3S/c1-15(2)31-23(29)14-32-22-9-8-18(12-21(22)26)24(30)28-11-10-27(16(3)17(28)4)20-7-5-6-19(25)13-20/h5-9,12-13,15-17H,10-11,14H2,1-4H3/t16-,17?/m1/s1. The first-order chi connectivity index (χ1) is 15.2. The number of ether oxygens (including phenoxy) is 1. The third-order valence-electron chi connectivity index (χ3n) is 5.56. The lowest BCUT2D eigenvalue weighted by Crippen LogP contribution is -2.59. The molecular weight excluding hydrogens is 467 g/mol. The first-order valence-corrected chi connectivity index (χ1v) is 12.4. The smallest absolute Gasteiger partial charge is 0.316 e. The molecule has 1 heterocycles. The fourth-order valence-electron chi connectivity index (χ4n) is 3.80. The van der Waals surface area contributed by atoms with Crippen LogP contribution in [0.4, 0.5) is 5.69 Å². The van der Waals surface area contributed by atoms with Crippen LogP contribution in [-0.2, 0) is 9.53 Å². The molecule has 2 atom stereocenters. The second kappa shape index (κ2) is 10.8. The molecule has 2 aromatic carbocycles. The van der Waals surface area contributed by atoms with E-state index in [2.05, 4.69) is 18.7 Å². The molecule has 32 heavy (non-hydrogen) atoms. The summed E-state index contributed by atoms with van der Waals surface area (Å²) in [6.07, 6.45) is -0.151. The van der Waals surface area contributed by atoms with Crippen molar-refractivity contribution in [2.75, 3.05) is 23.7 Å². The molecule has 0 aromatic heterocycles. The van der Waals surface area contributed by atoms with Crippen LogP contribution < -0.4 is 4.90 Å². The van der Waals surface area contributed by atoms with Crippen LogP contribution in [0.5, 0.6) is 0 Å². The van der Waals surface area contributed by atoms with E-state index in [4.69, 9.17) is 27.9 Å². The highest BCUT2D eigenvalue weighted by Crippen LogP contribution is 2.31. The van der Waals surface area contributed by atoms with Gasteiger partial charge in [-0.25, -0.2) is 0 Å². The Kier molecular flexibility index (Phi) is 8.37. The van der Waals surface area contributed by atoms with Crippen LogP contribution in [0.1, 0.15) is 38.1 Å². The van der Waals surface area contributed by atoms with Crippen molar-refractivity contribution in [2.45, 2.75) is 50.8 Å². The van der Waals surface area contributed by atoms with Gasteiger partial charge in [-0.1, -0.05) is 29.3 Å². The van der Waals surface area contributed by atoms with Gasteiger partial charge in [0.2, 0.25) is 0 Å². The number of esters is 1. The number of piperazine rings is 1. The van der Waals surface area contributed by atoms with Gasteiger partial charge >= 0.3 is 5.97 Å². The van der Waals surface area contributed by atoms with Crippen molar-refractivity contribution in [2.24, 2.45) is 0 Å². The Morgan fingerprint density at radius 3 is 2.50 bits per heavy atom. The second-order valence-corrected chi connectivity index (χ2v) is 9.99. The SMILES string of the molecule is CC(C)OC(=O)CSc1ccc(C(=O)N2CCN(c3cccc(Cl)c3)[C@H](C)C2C)cc1Cl. The average molecular weight is 495 g/mol. The predicted molar refractivity (Wildman–Crippen MR) is 132 cm³/mol. The van der Waals surface area contributed by atoms with Gasteiger partial charge < -0.3 is 14.5 Å². The van der Waals surface area contributed by atoms with Crippen molar-refractivity contribution in [3.63, 3.8) is 0 Å². The Morgan fingerprint density at radius 2 is 1.84 bits per heavy atom. The van der Waals surface area contributed by atoms with Gasteiger partial charge in [0, 0.05) is 46.3 Å². The van der Waals surface area contributed by atoms with Gasteiger partial charge in [-0.3, -0.25) is 9.59 Å². The van der Waals surface area contributed by atoms with Crippen molar-refractivity contribution in [1.82, 2.24) is 4.90 Å². The number of halogens is 2. The van der Waals surface area contributed by atoms with Crippen LogP contribution in [0, 0.1) is 0 Å². The molecule has 0 saturated carbocycles. The van der Waals surface area contributed by atoms with Gasteiger partial charge in [-0.05, 0) is 64.1 Å². The Morgan fingerprint density at radius 1 is 1.09 bits per heavy atom. The summed E-state index contributed by atoms with van der Waals surface area (Å²) >= 11 is 13.9. The summed E-state index contributed by atoms with van der Waals surface area (Å²) in [7, 11) is 0. The number of anilines is 1. The van der Waals surface area contributed by atoms with Gasteiger partial charge in [-0.2, -0.15) is 0 Å². The molecule has 0 bridgehead atoms. The third-order valence-corrected chi connectivity index (χ3v) is 7.26. The molecule has 1 amide bonds. The molecule has 2 aromatic rings. The van der Waals surface area contributed by atoms with Crippen LogP contribution >= 0.6 is 35.0 Å². The molecule has 1 aliphatic heterocycles. The summed E-state index contributed by atoms with van der Waals surface area (Å²) in [4.78, 5) is 29.9. The number of carbonyl (C=O) groups is 2. The van der Waals surface area contributed by atoms with E-state index >= 15 is 0 Å². The number of hydrogen-bond acceptors (Lipinski definition) is 5. The topological polar surface area (TPSA) is 49.9 Å². The minimum atomic E-state index is -0.290. The number of amides is 1. The van der Waals surface area contributed by atoms with Crippen LogP contribution in [0.2, 0.25) is 10.0 Å². The molecule has 1 fully saturated rings. The van der Waals surface area contributed by atoms with Crippen molar-refractivity contribution >= 4 is 52.5 Å². The molecule has 5 nitrogen and oxygen atoms in total. The Labute approximate surface area is 204 Å². The van der Waals surface area contributed by atoms with E-state index in [1.54, 1.807) is 18.2 Å². The maximum absolute atomic E-state index is 13.3. The molecule has 1 unspecified atom stereocenters. The number of thioether (sulfide) groups is 1. The van der Waals surface area contributed by atoms with Gasteiger partial charge in [0.05, 0.1) is 16.9 Å². The maximum atomic E-state index is 13.3. The van der Waals surface area contributed by atoms with Gasteiger partial charge in [0.25, 0.3) is 5.91 Å². The molecule has 0 radical (unpaired) electrons. The molecule has 8 heteroatoms. The maximum Gasteiger partial charge on any atom is 0.316 e. The van der Waals surface area contributed by atoms with E-state index in [9.17, 15) is 9.59 Å². The highest BCUT2D eigenvalue weighted by atomic mass is 35.5. The normalized spacial score (nSPS) is 18.7. The van der Waals surface area contributed by atoms with Gasteiger partial charge in [0.1, 0.15) is 0 Å². The van der Waals surface area contributed by atoms with E-state index < -0.39 is 0 Å². The molecule has 1 aliphatic rings. The number of rotatable bonds is 6. The molecule has 0 spiro atoms. The van der Waals surface area contributed by atoms with E-state index in [1.165, 1.54) is 11.8 Å². The van der Waals surface area contributed by atoms with E-state index in [0.29, 0.717) is 22.2 Å². The third kappa shape index (κ3) is 5.91. The fraction of sp³-hybridized carbons (Fsp3) is 0.417. The summed E-state index contributed by atoms with van der Waals surface area (Å²) in [5.74, 6) is -0.167. The zero-order chi connectivity index (χ0) is 23.4. The van der Waals surface area contributed by atoms with Crippen LogP contribution in [0.15, 0.2) is 47.4 Å². The van der Waals surface area contributed by atoms with Crippen LogP contribution in [0.25, 0.3) is 0 Å². The summed E-state index contributed by atoms with van der Waals surface area (Å²) < 4.78 is 5.15. The second-order valence-electron chi connectivity index (χ2n) is 8.13. The molecule has 1 saturated heterocycles. The lowest BCUT2D eigenvalue weighted by molar-refractivity contribution is -0.144. The Balaban J connectivity index is 1.67. The lowest BCUT2D eigenvalue weighted by atomic mass is 10.0. The molecule has 3 rings (SSSR count). The van der Waals surface area contributed by atoms with E-state index in [1.807, 2.05) is 43.0 Å². The van der Waals surface area contributed by atoms with Crippen LogP contribution in [0.3, 0.4) is 0 Å². The Hall–Kier alpha value is -1.89. The predicted octanol–water partition coefficient (Wildman–Crippen LogP) is 5.78. The summed E-state index contributed by atoms with van der Waals surface area (Å²) in [6.45, 7) is 9.13. The van der Waals surface area contributed by atoms with Crippen LogP contribution in [-0.4, -0.2) is 53.8 Å². The zero-order valence-corrected chi connectivity index (χ0v) is 21.0. The van der Waals surface area contributed by atoms with Crippen molar-refractivity contribution in [3.05, 3.63) is 58.1 Å². The summed E-state index contributed by atoms with van der Waals surface area (Å²) in [6, 6.07) is 13.2. The highest BCUT2D eigenvalue weighted by molar-refractivity contribution is 8.00. The summed E-state index contributed by atoms with van der Waals surface area (Å²) in [5.41, 5.74) is 1.60. The lowest BCUT2D eigenvalue weighted by Gasteiger charge is -2.46. The van der Waals surface area contributed by atoms with Crippen molar-refractivity contribution in [1.29, 1.82) is 0 Å². The quantitative estimate of drug-likeness (QED) is 0.376. The summed E-state index contributed by atoms with van der Waals surface area (Å²) in [5, 5.41) is 1.15. The Bertz CT molecular complexity index is 985. The zero-order valence-electron chi connectivity index (χ0n) is 18.7. The average Bonchev–Trinajstić information content (AvgIpc) is 2.73. The van der Waals surface area contributed by atoms with E-state index in [-0.39, 0.29) is 35.8 Å². The minimum Gasteiger partial charge on any atom is -0.462 e. The number of nitrogens with zero attached hydrogens (tertiary/aromatic N) is 2. The number of carbonyl (C=O) groups excluding carboxylic acids is 2. The monoisotopic (exact) mass is 494 g/mol. The molecule has 0 N–H and O–H groups in total.